The van der Waals surface area contributed by atoms with Gasteiger partial charge in [0.25, 0.3) is 0 Å². The van der Waals surface area contributed by atoms with Gasteiger partial charge in [-0.3, -0.25) is 4.98 Å². The molecule has 0 atom stereocenters. The van der Waals surface area contributed by atoms with Gasteiger partial charge in [0.05, 0.1) is 5.69 Å². The topological polar surface area (TPSA) is 12.9 Å². The molecule has 0 aliphatic carbocycles. The third kappa shape index (κ3) is 2.07. The molecule has 0 aliphatic rings. The summed E-state index contributed by atoms with van der Waals surface area (Å²) >= 11 is 0. The highest BCUT2D eigenvalue weighted by atomic mass is 14.7. The van der Waals surface area contributed by atoms with Crippen LogP contribution < -0.4 is 0 Å². The first-order valence-corrected chi connectivity index (χ1v) is 4.68. The van der Waals surface area contributed by atoms with Crippen molar-refractivity contribution in [2.75, 3.05) is 0 Å². The predicted molar refractivity (Wildman–Crippen MR) is 63.9 cm³/mol. The van der Waals surface area contributed by atoms with Gasteiger partial charge in [-0.1, -0.05) is 35.9 Å². The van der Waals surface area contributed by atoms with Gasteiger partial charge in [-0.2, -0.15) is 0 Å². The Hall–Kier alpha value is -1.63. The molecule has 0 unspecified atom stereocenters. The van der Waals surface area contributed by atoms with Crippen LogP contribution in [-0.4, -0.2) is 4.98 Å². The second kappa shape index (κ2) is 3.85. The first-order valence-electron chi connectivity index (χ1n) is 7.68. The van der Waals surface area contributed by atoms with Crippen LogP contribution in [0.4, 0.5) is 0 Å². The zero-order valence-electron chi connectivity index (χ0n) is 14.4. The summed E-state index contributed by atoms with van der Waals surface area (Å²) in [4.78, 5) is 4.20. The van der Waals surface area contributed by atoms with Gasteiger partial charge in [0.15, 0.2) is 0 Å². The van der Waals surface area contributed by atoms with E-state index in [-0.39, 0.29) is 11.3 Å². The molecule has 1 aromatic carbocycles. The number of benzene rings is 1. The monoisotopic (exact) mass is 203 g/mol. The first-order chi connectivity index (χ1) is 9.59. The van der Waals surface area contributed by atoms with Crippen molar-refractivity contribution in [1.29, 1.82) is 0 Å². The molecule has 0 bridgehead atoms. The fraction of sp³-hybridized carbons (Fsp3) is 0.214. The van der Waals surface area contributed by atoms with E-state index < -0.39 is 13.7 Å². The minimum Gasteiger partial charge on any atom is -0.253 e. The molecule has 0 aliphatic heterocycles. The molecule has 2 aromatic rings. The zero-order chi connectivity index (χ0) is 15.8. The number of rotatable bonds is 1. The third-order valence-corrected chi connectivity index (χ3v) is 2.28. The van der Waals surface area contributed by atoms with Gasteiger partial charge in [-0.25, -0.2) is 0 Å². The Morgan fingerprint density at radius 3 is 2.47 bits per heavy atom. The summed E-state index contributed by atoms with van der Waals surface area (Å²) in [5, 5.41) is 0. The zero-order valence-corrected chi connectivity index (χ0v) is 8.41. The fourth-order valence-corrected chi connectivity index (χ4v) is 1.33. The molecule has 1 heterocycles. The van der Waals surface area contributed by atoms with Crippen molar-refractivity contribution in [2.45, 2.75) is 20.6 Å². The van der Waals surface area contributed by atoms with Crippen LogP contribution in [0.25, 0.3) is 11.3 Å². The molecule has 0 fully saturated rings. The van der Waals surface area contributed by atoms with E-state index in [1.165, 1.54) is 12.1 Å². The van der Waals surface area contributed by atoms with Gasteiger partial charge in [-0.15, -0.1) is 0 Å². The van der Waals surface area contributed by atoms with Crippen molar-refractivity contribution in [3.8, 4) is 11.3 Å². The maximum Gasteiger partial charge on any atom is 0.0705 e. The lowest BCUT2D eigenvalue weighted by atomic mass is 10.1. The first kappa shape index (κ1) is 4.93. The predicted octanol–water partition coefficient (Wildman–Crippen LogP) is 3.67. The number of aryl methyl sites for hydroxylation is 3. The van der Waals surface area contributed by atoms with Gasteiger partial charge in [0, 0.05) is 19.5 Å². The van der Waals surface area contributed by atoms with Crippen LogP contribution in [0, 0.1) is 20.6 Å². The lowest BCUT2D eigenvalue weighted by Gasteiger charge is -2.04. The van der Waals surface area contributed by atoms with E-state index >= 15 is 0 Å². The Morgan fingerprint density at radius 1 is 1.00 bits per heavy atom. The fourth-order valence-electron chi connectivity index (χ4n) is 1.33. The maximum atomic E-state index is 7.49. The highest BCUT2D eigenvalue weighted by Crippen LogP contribution is 2.18. The van der Waals surface area contributed by atoms with E-state index in [9.17, 15) is 0 Å². The quantitative estimate of drug-likeness (QED) is 0.689. The number of hydrogen-bond acceptors (Lipinski definition) is 1. The van der Waals surface area contributed by atoms with E-state index in [1.54, 1.807) is 31.2 Å². The van der Waals surface area contributed by atoms with Crippen LogP contribution in [-0.2, 0) is 0 Å². The summed E-state index contributed by atoms with van der Waals surface area (Å²) in [7, 11) is 0. The van der Waals surface area contributed by atoms with Crippen LogP contribution in [0.5, 0.6) is 0 Å². The number of pyridine rings is 1. The molecule has 0 saturated carbocycles. The molecule has 0 N–H and O–H groups in total. The number of hydrogen-bond donors (Lipinski definition) is 0. The standard InChI is InChI=1S/C14H15N/c1-10-4-7-13(8-5-10)14-9-6-11(2)12(3)15-14/h4-9H,1-3H3/i1D3,3D3. The van der Waals surface area contributed by atoms with E-state index in [0.29, 0.717) is 16.8 Å². The highest BCUT2D eigenvalue weighted by Gasteiger charge is 2.00. The van der Waals surface area contributed by atoms with E-state index in [1.807, 2.05) is 0 Å². The smallest absolute Gasteiger partial charge is 0.0705 e. The highest BCUT2D eigenvalue weighted by molar-refractivity contribution is 5.59. The molecule has 0 amide bonds. The summed E-state index contributed by atoms with van der Waals surface area (Å²) in [5.41, 5.74) is 2.13. The molecule has 76 valence electrons. The Balaban J connectivity index is 2.44. The van der Waals surface area contributed by atoms with Crippen molar-refractivity contribution in [1.82, 2.24) is 4.98 Å². The molecule has 15 heavy (non-hydrogen) atoms. The molecular weight excluding hydrogens is 182 g/mol. The van der Waals surface area contributed by atoms with E-state index in [0.717, 1.165) is 0 Å². The van der Waals surface area contributed by atoms with Crippen LogP contribution in [0.3, 0.4) is 0 Å². The molecule has 1 heteroatoms. The van der Waals surface area contributed by atoms with Crippen molar-refractivity contribution >= 4 is 0 Å². The summed E-state index contributed by atoms with van der Waals surface area (Å²) in [6.07, 6.45) is 0. The Morgan fingerprint density at radius 2 is 1.80 bits per heavy atom. The second-order valence-corrected chi connectivity index (χ2v) is 3.44. The Kier molecular flexibility index (Phi) is 1.27. The number of nitrogens with zero attached hydrogens (tertiary/aromatic N) is 1. The van der Waals surface area contributed by atoms with Gasteiger partial charge < -0.3 is 0 Å². The Bertz CT molecular complexity index is 640. The van der Waals surface area contributed by atoms with Crippen LogP contribution in [0.2, 0.25) is 0 Å². The van der Waals surface area contributed by atoms with Crippen molar-refractivity contribution in [3.63, 3.8) is 0 Å². The summed E-state index contributed by atoms with van der Waals surface area (Å²) in [5.74, 6) is 0. The van der Waals surface area contributed by atoms with Crippen molar-refractivity contribution < 1.29 is 8.22 Å². The van der Waals surface area contributed by atoms with Gasteiger partial charge >= 0.3 is 0 Å². The third-order valence-electron chi connectivity index (χ3n) is 2.28. The molecular formula is C14H15N. The molecule has 0 radical (unpaired) electrons. The van der Waals surface area contributed by atoms with Crippen LogP contribution in [0.1, 0.15) is 25.0 Å². The summed E-state index contributed by atoms with van der Waals surface area (Å²) in [6, 6.07) is 9.75. The SMILES string of the molecule is [2H]C([2H])([2H])c1ccc(-c2ccc(C)c(C([2H])([2H])[2H])n2)cc1. The lowest BCUT2D eigenvalue weighted by Crippen LogP contribution is -1.89. The lowest BCUT2D eigenvalue weighted by molar-refractivity contribution is 1.15. The van der Waals surface area contributed by atoms with Crippen molar-refractivity contribution in [2.24, 2.45) is 0 Å². The molecule has 2 rings (SSSR count). The maximum absolute atomic E-state index is 7.49. The molecule has 0 spiro atoms. The minimum absolute atomic E-state index is 0.0693. The van der Waals surface area contributed by atoms with Gasteiger partial charge in [-0.05, 0) is 32.3 Å². The second-order valence-electron chi connectivity index (χ2n) is 3.44. The van der Waals surface area contributed by atoms with E-state index in [2.05, 4.69) is 4.98 Å². The summed E-state index contributed by atoms with van der Waals surface area (Å²) in [6.45, 7) is -2.71. The average Bonchev–Trinajstić information content (AvgIpc) is 2.37. The largest absolute Gasteiger partial charge is 0.253 e. The van der Waals surface area contributed by atoms with Crippen LogP contribution >= 0.6 is 0 Å². The number of aromatic nitrogens is 1. The minimum atomic E-state index is -2.27. The summed E-state index contributed by atoms with van der Waals surface area (Å²) < 4.78 is 44.5. The van der Waals surface area contributed by atoms with Crippen molar-refractivity contribution in [3.05, 3.63) is 53.2 Å². The van der Waals surface area contributed by atoms with Crippen LogP contribution in [0.15, 0.2) is 36.4 Å². The normalized spacial score (nSPS) is 17.9. The molecule has 1 nitrogen and oxygen atoms in total. The molecule has 1 aromatic heterocycles. The van der Waals surface area contributed by atoms with Gasteiger partial charge in [0.1, 0.15) is 0 Å². The van der Waals surface area contributed by atoms with Gasteiger partial charge in [0.2, 0.25) is 0 Å². The van der Waals surface area contributed by atoms with E-state index in [4.69, 9.17) is 8.22 Å². The average molecular weight is 203 g/mol. The molecule has 0 saturated heterocycles. The Labute approximate surface area is 99.2 Å².